The maximum atomic E-state index is 12.3. The topological polar surface area (TPSA) is 63.6 Å². The van der Waals surface area contributed by atoms with Gasteiger partial charge in [0.15, 0.2) is 0 Å². The molecule has 2 heterocycles. The molecule has 2 rings (SSSR count). The summed E-state index contributed by atoms with van der Waals surface area (Å²) in [5.41, 5.74) is 6.95. The van der Waals surface area contributed by atoms with Crippen LogP contribution in [0.5, 0.6) is 0 Å². The number of hydrogen-bond donors (Lipinski definition) is 1. The van der Waals surface area contributed by atoms with Crippen molar-refractivity contribution in [1.29, 1.82) is 0 Å². The maximum absolute atomic E-state index is 12.3. The molecule has 0 saturated carbocycles. The van der Waals surface area contributed by atoms with Crippen LogP contribution >= 0.6 is 0 Å². The largest absolute Gasteiger partial charge is 0.338 e. The molecule has 0 saturated heterocycles. The molecule has 0 unspecified atom stereocenters. The fourth-order valence-electron chi connectivity index (χ4n) is 1.83. The molecule has 0 aliphatic carbocycles. The average Bonchev–Trinajstić information content (AvgIpc) is 2.79. The number of aromatic nitrogens is 2. The zero-order valence-electron chi connectivity index (χ0n) is 9.84. The predicted molar refractivity (Wildman–Crippen MR) is 65.8 cm³/mol. The van der Waals surface area contributed by atoms with E-state index in [1.165, 1.54) is 0 Å². The lowest BCUT2D eigenvalue weighted by Gasteiger charge is -2.19. The minimum Gasteiger partial charge on any atom is -0.338 e. The molecule has 0 spiro atoms. The zero-order chi connectivity index (χ0) is 12.3. The minimum absolute atomic E-state index is 0.0147. The third-order valence-electron chi connectivity index (χ3n) is 2.72. The van der Waals surface area contributed by atoms with Crippen LogP contribution < -0.4 is 5.73 Å². The molecular weight excluding hydrogens is 216 g/mol. The van der Waals surface area contributed by atoms with E-state index in [0.717, 1.165) is 5.52 Å². The fourth-order valence-corrected chi connectivity index (χ4v) is 1.83. The van der Waals surface area contributed by atoms with E-state index in [-0.39, 0.29) is 5.91 Å². The van der Waals surface area contributed by atoms with E-state index in [1.54, 1.807) is 15.6 Å². The molecule has 90 valence electrons. The van der Waals surface area contributed by atoms with Crippen molar-refractivity contribution in [3.05, 3.63) is 36.2 Å². The highest BCUT2D eigenvalue weighted by Gasteiger charge is 2.17. The van der Waals surface area contributed by atoms with Gasteiger partial charge in [-0.05, 0) is 19.1 Å². The number of likely N-dealkylation sites (N-methyl/N-ethyl adjacent to an activating group) is 1. The van der Waals surface area contributed by atoms with Crippen LogP contribution in [0.2, 0.25) is 0 Å². The van der Waals surface area contributed by atoms with Crippen molar-refractivity contribution in [2.75, 3.05) is 19.6 Å². The maximum Gasteiger partial charge on any atom is 0.257 e. The van der Waals surface area contributed by atoms with Crippen LogP contribution in [0.1, 0.15) is 17.3 Å². The van der Waals surface area contributed by atoms with E-state index < -0.39 is 0 Å². The summed E-state index contributed by atoms with van der Waals surface area (Å²) in [7, 11) is 0. The summed E-state index contributed by atoms with van der Waals surface area (Å²) in [4.78, 5) is 14.0. The number of rotatable bonds is 4. The van der Waals surface area contributed by atoms with E-state index in [9.17, 15) is 4.79 Å². The van der Waals surface area contributed by atoms with Crippen LogP contribution in [0.4, 0.5) is 0 Å². The molecule has 2 aromatic rings. The lowest BCUT2D eigenvalue weighted by Crippen LogP contribution is -2.35. The first-order valence-corrected chi connectivity index (χ1v) is 5.69. The number of pyridine rings is 1. The van der Waals surface area contributed by atoms with Gasteiger partial charge >= 0.3 is 0 Å². The number of hydrogen-bond acceptors (Lipinski definition) is 3. The van der Waals surface area contributed by atoms with Crippen molar-refractivity contribution in [3.8, 4) is 0 Å². The molecule has 17 heavy (non-hydrogen) atoms. The molecule has 0 fully saturated rings. The Kier molecular flexibility index (Phi) is 3.39. The van der Waals surface area contributed by atoms with Gasteiger partial charge in [-0.15, -0.1) is 0 Å². The SMILES string of the molecule is CCN(CCN)C(=O)c1cnn2ccccc12. The van der Waals surface area contributed by atoms with Gasteiger partial charge in [-0.2, -0.15) is 5.10 Å². The smallest absolute Gasteiger partial charge is 0.257 e. The highest BCUT2D eigenvalue weighted by molar-refractivity contribution is 6.00. The van der Waals surface area contributed by atoms with Crippen molar-refractivity contribution in [2.24, 2.45) is 5.73 Å². The molecule has 5 heteroatoms. The lowest BCUT2D eigenvalue weighted by atomic mass is 10.2. The number of amides is 1. The molecule has 0 aromatic carbocycles. The third-order valence-corrected chi connectivity index (χ3v) is 2.72. The molecular formula is C12H16N4O. The quantitative estimate of drug-likeness (QED) is 0.846. The summed E-state index contributed by atoms with van der Waals surface area (Å²) in [6.07, 6.45) is 3.43. The number of fused-ring (bicyclic) bond motifs is 1. The molecule has 0 bridgehead atoms. The second-order valence-corrected chi connectivity index (χ2v) is 3.76. The van der Waals surface area contributed by atoms with E-state index in [0.29, 0.717) is 25.2 Å². The minimum atomic E-state index is -0.0147. The molecule has 5 nitrogen and oxygen atoms in total. The molecule has 2 aromatic heterocycles. The third kappa shape index (κ3) is 2.14. The van der Waals surface area contributed by atoms with Crippen molar-refractivity contribution in [3.63, 3.8) is 0 Å². The standard InChI is InChI=1S/C12H16N4O/c1-2-15(8-6-13)12(17)10-9-14-16-7-4-3-5-11(10)16/h3-5,7,9H,2,6,8,13H2,1H3. The van der Waals surface area contributed by atoms with E-state index in [2.05, 4.69) is 5.10 Å². The van der Waals surface area contributed by atoms with Crippen molar-refractivity contribution < 1.29 is 4.79 Å². The molecule has 1 amide bonds. The summed E-state index contributed by atoms with van der Waals surface area (Å²) in [6, 6.07) is 5.66. The normalized spacial score (nSPS) is 10.7. The summed E-state index contributed by atoms with van der Waals surface area (Å²) in [5, 5.41) is 4.15. The Bertz CT molecular complexity index is 520. The molecule has 0 aliphatic rings. The van der Waals surface area contributed by atoms with Gasteiger partial charge in [-0.3, -0.25) is 4.79 Å². The molecule has 0 aliphatic heterocycles. The van der Waals surface area contributed by atoms with Gasteiger partial charge in [0.1, 0.15) is 0 Å². The monoisotopic (exact) mass is 232 g/mol. The lowest BCUT2D eigenvalue weighted by molar-refractivity contribution is 0.0771. The van der Waals surface area contributed by atoms with Crippen LogP contribution in [-0.2, 0) is 0 Å². The Morgan fingerprint density at radius 1 is 1.53 bits per heavy atom. The highest BCUT2D eigenvalue weighted by Crippen LogP contribution is 2.12. The predicted octanol–water partition coefficient (Wildman–Crippen LogP) is 0.755. The number of nitrogens with zero attached hydrogens (tertiary/aromatic N) is 3. The van der Waals surface area contributed by atoms with Gasteiger partial charge in [-0.25, -0.2) is 4.52 Å². The number of carbonyl (C=O) groups excluding carboxylic acids is 1. The Morgan fingerprint density at radius 3 is 3.06 bits per heavy atom. The Morgan fingerprint density at radius 2 is 2.35 bits per heavy atom. The first kappa shape index (κ1) is 11.6. The van der Waals surface area contributed by atoms with Gasteiger partial charge in [0, 0.05) is 25.8 Å². The van der Waals surface area contributed by atoms with Crippen molar-refractivity contribution in [1.82, 2.24) is 14.5 Å². The molecule has 0 atom stereocenters. The fraction of sp³-hybridized carbons (Fsp3) is 0.333. The van der Waals surface area contributed by atoms with Crippen LogP contribution in [0.3, 0.4) is 0 Å². The van der Waals surface area contributed by atoms with Crippen LogP contribution in [-0.4, -0.2) is 40.1 Å². The Hall–Kier alpha value is -1.88. The van der Waals surface area contributed by atoms with Crippen molar-refractivity contribution in [2.45, 2.75) is 6.92 Å². The van der Waals surface area contributed by atoms with Crippen molar-refractivity contribution >= 4 is 11.4 Å². The average molecular weight is 232 g/mol. The second kappa shape index (κ2) is 4.97. The first-order chi connectivity index (χ1) is 8.27. The molecule has 0 radical (unpaired) electrons. The summed E-state index contributed by atoms with van der Waals surface area (Å²) in [6.45, 7) is 3.64. The van der Waals surface area contributed by atoms with Gasteiger partial charge in [-0.1, -0.05) is 6.07 Å². The number of carbonyl (C=O) groups is 1. The van der Waals surface area contributed by atoms with Gasteiger partial charge in [0.25, 0.3) is 5.91 Å². The van der Waals surface area contributed by atoms with Crippen LogP contribution in [0, 0.1) is 0 Å². The Balaban J connectivity index is 2.36. The summed E-state index contributed by atoms with van der Waals surface area (Å²) >= 11 is 0. The first-order valence-electron chi connectivity index (χ1n) is 5.69. The van der Waals surface area contributed by atoms with E-state index in [4.69, 9.17) is 5.73 Å². The second-order valence-electron chi connectivity index (χ2n) is 3.76. The van der Waals surface area contributed by atoms with Crippen LogP contribution in [0.25, 0.3) is 5.52 Å². The molecule has 2 N–H and O–H groups in total. The number of nitrogens with two attached hydrogens (primary N) is 1. The van der Waals surface area contributed by atoms with Crippen LogP contribution in [0.15, 0.2) is 30.6 Å². The Labute approximate surface area is 99.8 Å². The van der Waals surface area contributed by atoms with E-state index >= 15 is 0 Å². The highest BCUT2D eigenvalue weighted by atomic mass is 16.2. The van der Waals surface area contributed by atoms with Gasteiger partial charge in [0.05, 0.1) is 17.3 Å². The summed E-state index contributed by atoms with van der Waals surface area (Å²) < 4.78 is 1.70. The van der Waals surface area contributed by atoms with Gasteiger partial charge in [0.2, 0.25) is 0 Å². The van der Waals surface area contributed by atoms with Gasteiger partial charge < -0.3 is 10.6 Å². The zero-order valence-corrected chi connectivity index (χ0v) is 9.84. The summed E-state index contributed by atoms with van der Waals surface area (Å²) in [5.74, 6) is -0.0147. The van der Waals surface area contributed by atoms with E-state index in [1.807, 2.05) is 31.3 Å².